The van der Waals surface area contributed by atoms with E-state index in [-0.39, 0.29) is 0 Å². The van der Waals surface area contributed by atoms with Crippen molar-refractivity contribution in [2.24, 2.45) is 0 Å². The zero-order valence-electron chi connectivity index (χ0n) is 22.3. The molecule has 1 heterocycles. The van der Waals surface area contributed by atoms with Gasteiger partial charge in [0.1, 0.15) is 0 Å². The van der Waals surface area contributed by atoms with Gasteiger partial charge in [-0.25, -0.2) is 0 Å². The van der Waals surface area contributed by atoms with Gasteiger partial charge in [-0.3, -0.25) is 0 Å². The summed E-state index contributed by atoms with van der Waals surface area (Å²) >= 11 is 1.90. The lowest BCUT2D eigenvalue weighted by Crippen LogP contribution is -1.84. The van der Waals surface area contributed by atoms with Crippen LogP contribution in [0.1, 0.15) is 0 Å². The second-order valence-electron chi connectivity index (χ2n) is 10.9. The Hall–Kier alpha value is -4.98. The predicted molar refractivity (Wildman–Crippen MR) is 180 cm³/mol. The molecule has 0 aliphatic rings. The highest BCUT2D eigenvalue weighted by molar-refractivity contribution is 7.26. The molecule has 0 saturated carbocycles. The highest BCUT2D eigenvalue weighted by Crippen LogP contribution is 2.43. The van der Waals surface area contributed by atoms with E-state index in [2.05, 4.69) is 146 Å². The molecule has 8 aromatic carbocycles. The van der Waals surface area contributed by atoms with Crippen LogP contribution in [0.15, 0.2) is 146 Å². The van der Waals surface area contributed by atoms with Gasteiger partial charge in [0.05, 0.1) is 0 Å². The Kier molecular flexibility index (Phi) is 4.87. The van der Waals surface area contributed by atoms with Gasteiger partial charge >= 0.3 is 0 Å². The molecule has 41 heavy (non-hydrogen) atoms. The van der Waals surface area contributed by atoms with Gasteiger partial charge in [0.2, 0.25) is 0 Å². The molecule has 0 spiro atoms. The van der Waals surface area contributed by atoms with Crippen molar-refractivity contribution in [2.75, 3.05) is 0 Å². The van der Waals surface area contributed by atoms with Crippen molar-refractivity contribution in [2.45, 2.75) is 0 Å². The molecule has 0 radical (unpaired) electrons. The Balaban J connectivity index is 1.17. The maximum atomic E-state index is 2.36. The van der Waals surface area contributed by atoms with E-state index in [1.807, 2.05) is 11.3 Å². The third-order valence-corrected chi connectivity index (χ3v) is 9.86. The van der Waals surface area contributed by atoms with E-state index in [0.29, 0.717) is 0 Å². The number of hydrogen-bond donors (Lipinski definition) is 0. The molecule has 0 atom stereocenters. The maximum absolute atomic E-state index is 2.36. The topological polar surface area (TPSA) is 0 Å². The van der Waals surface area contributed by atoms with Crippen molar-refractivity contribution in [3.8, 4) is 22.3 Å². The minimum Gasteiger partial charge on any atom is -0.135 e. The molecule has 0 bridgehead atoms. The van der Waals surface area contributed by atoms with E-state index in [4.69, 9.17) is 0 Å². The fraction of sp³-hybridized carbons (Fsp3) is 0. The van der Waals surface area contributed by atoms with Crippen molar-refractivity contribution >= 4 is 74.6 Å². The Morgan fingerprint density at radius 3 is 1.76 bits per heavy atom. The van der Waals surface area contributed by atoms with E-state index in [1.54, 1.807) is 0 Å². The Morgan fingerprint density at radius 1 is 0.341 bits per heavy atom. The smallest absolute Gasteiger partial charge is 0.0434 e. The summed E-state index contributed by atoms with van der Waals surface area (Å²) in [4.78, 5) is 0. The van der Waals surface area contributed by atoms with Gasteiger partial charge < -0.3 is 0 Å². The lowest BCUT2D eigenvalue weighted by Gasteiger charge is -2.10. The first-order valence-electron chi connectivity index (χ1n) is 14.1. The highest BCUT2D eigenvalue weighted by atomic mass is 32.1. The van der Waals surface area contributed by atoms with Crippen molar-refractivity contribution in [1.82, 2.24) is 0 Å². The molecule has 0 aliphatic heterocycles. The molecule has 0 amide bonds. The highest BCUT2D eigenvalue weighted by Gasteiger charge is 2.13. The molecule has 0 saturated heterocycles. The molecule has 1 aromatic heterocycles. The summed E-state index contributed by atoms with van der Waals surface area (Å²) in [5.41, 5.74) is 5.04. The van der Waals surface area contributed by atoms with Crippen LogP contribution in [-0.4, -0.2) is 0 Å². The van der Waals surface area contributed by atoms with Crippen molar-refractivity contribution in [3.05, 3.63) is 146 Å². The second-order valence-corrected chi connectivity index (χ2v) is 12.0. The Bertz CT molecular complexity index is 2460. The minimum absolute atomic E-state index is 1.24. The molecule has 0 N–H and O–H groups in total. The summed E-state index contributed by atoms with van der Waals surface area (Å²) < 4.78 is 2.70. The third kappa shape index (κ3) is 3.46. The van der Waals surface area contributed by atoms with Gasteiger partial charge in [0, 0.05) is 20.2 Å². The summed E-state index contributed by atoms with van der Waals surface area (Å²) in [6.07, 6.45) is 0. The van der Waals surface area contributed by atoms with Gasteiger partial charge in [-0.05, 0) is 77.5 Å². The second kappa shape index (κ2) is 8.76. The zero-order valence-corrected chi connectivity index (χ0v) is 23.1. The van der Waals surface area contributed by atoms with Crippen molar-refractivity contribution in [3.63, 3.8) is 0 Å². The van der Waals surface area contributed by atoms with Crippen LogP contribution in [0, 0.1) is 0 Å². The van der Waals surface area contributed by atoms with Crippen LogP contribution in [0.4, 0.5) is 0 Å². The Morgan fingerprint density at radius 2 is 0.927 bits per heavy atom. The lowest BCUT2D eigenvalue weighted by atomic mass is 9.94. The van der Waals surface area contributed by atoms with E-state index < -0.39 is 0 Å². The average molecular weight is 537 g/mol. The van der Waals surface area contributed by atoms with Crippen LogP contribution in [-0.2, 0) is 0 Å². The van der Waals surface area contributed by atoms with Gasteiger partial charge in [0.15, 0.2) is 0 Å². The lowest BCUT2D eigenvalue weighted by molar-refractivity contribution is 1.63. The first kappa shape index (κ1) is 22.8. The fourth-order valence-corrected chi connectivity index (χ4v) is 7.89. The minimum atomic E-state index is 1.24. The van der Waals surface area contributed by atoms with E-state index >= 15 is 0 Å². The number of benzene rings is 8. The summed E-state index contributed by atoms with van der Waals surface area (Å²) in [6, 6.07) is 53.7. The van der Waals surface area contributed by atoms with Gasteiger partial charge in [-0.1, -0.05) is 133 Å². The summed E-state index contributed by atoms with van der Waals surface area (Å²) in [5.74, 6) is 0. The van der Waals surface area contributed by atoms with Crippen LogP contribution in [0.2, 0.25) is 0 Å². The maximum Gasteiger partial charge on any atom is 0.0434 e. The molecule has 1 heteroatoms. The number of hydrogen-bond acceptors (Lipinski definition) is 1. The molecular formula is C40H24S. The van der Waals surface area contributed by atoms with Gasteiger partial charge in [-0.2, -0.15) is 0 Å². The third-order valence-electron chi connectivity index (χ3n) is 8.66. The largest absolute Gasteiger partial charge is 0.135 e. The van der Waals surface area contributed by atoms with Gasteiger partial charge in [-0.15, -0.1) is 11.3 Å². The molecule has 190 valence electrons. The van der Waals surface area contributed by atoms with Gasteiger partial charge in [0.25, 0.3) is 0 Å². The Labute approximate surface area is 241 Å². The molecule has 9 aromatic rings. The number of thiophene rings is 1. The summed E-state index contributed by atoms with van der Waals surface area (Å²) in [7, 11) is 0. The molecule has 9 rings (SSSR count). The van der Waals surface area contributed by atoms with Crippen molar-refractivity contribution < 1.29 is 0 Å². The summed E-state index contributed by atoms with van der Waals surface area (Å²) in [5, 5.41) is 13.1. The van der Waals surface area contributed by atoms with Crippen LogP contribution in [0.25, 0.3) is 85.5 Å². The van der Waals surface area contributed by atoms with E-state index in [0.717, 1.165) is 0 Å². The molecule has 0 nitrogen and oxygen atoms in total. The number of rotatable bonds is 2. The normalized spacial score (nSPS) is 11.9. The van der Waals surface area contributed by atoms with Crippen LogP contribution >= 0.6 is 11.3 Å². The molecule has 0 fully saturated rings. The first-order chi connectivity index (χ1) is 20.3. The summed E-state index contributed by atoms with van der Waals surface area (Å²) in [6.45, 7) is 0. The molecule has 0 unspecified atom stereocenters. The fourth-order valence-electron chi connectivity index (χ4n) is 6.64. The average Bonchev–Trinajstić information content (AvgIpc) is 3.44. The number of fused-ring (bicyclic) bond motifs is 10. The molecular weight excluding hydrogens is 513 g/mol. The van der Waals surface area contributed by atoms with Crippen molar-refractivity contribution in [1.29, 1.82) is 0 Å². The van der Waals surface area contributed by atoms with Crippen LogP contribution in [0.5, 0.6) is 0 Å². The van der Waals surface area contributed by atoms with Crippen LogP contribution < -0.4 is 0 Å². The van der Waals surface area contributed by atoms with E-state index in [9.17, 15) is 0 Å². The SMILES string of the molecule is c1ccc2c(c1)ccc1c3cc(-c4ccc(-c5cccc6c5sc5ccc7ccccc7c56)cc4)ccc3ccc21. The van der Waals surface area contributed by atoms with Crippen LogP contribution in [0.3, 0.4) is 0 Å². The molecule has 0 aliphatic carbocycles. The first-order valence-corrected chi connectivity index (χ1v) is 14.9. The standard InChI is InChI=1S/C40H24S/c1-3-8-31-26(6-1)18-22-35-34(31)21-19-29-16-17-30(24-37(29)35)25-12-14-28(15-13-25)33-10-5-11-36-39-32-9-4-2-7-27(32)20-23-38(39)41-40(33)36/h1-24H. The van der Waals surface area contributed by atoms with E-state index in [1.165, 1.54) is 85.5 Å². The quantitative estimate of drug-likeness (QED) is 0.193. The monoisotopic (exact) mass is 536 g/mol. The predicted octanol–water partition coefficient (Wildman–Crippen LogP) is 12.0. The zero-order chi connectivity index (χ0) is 26.9.